The molecule has 2 heteroatoms. The van der Waals surface area contributed by atoms with Crippen LogP contribution >= 0.6 is 11.3 Å². The molecule has 0 amide bonds. The van der Waals surface area contributed by atoms with Gasteiger partial charge in [0.25, 0.3) is 0 Å². The second-order valence-electron chi connectivity index (χ2n) is 10.5. The SMILES string of the molecule is c1ccc2c(c1)-c1ccccc1C21c2ccccc2-c2c(Nc3ccc4c(c3)sc3ccccc34)cccc21. The van der Waals surface area contributed by atoms with Crippen molar-refractivity contribution in [1.29, 1.82) is 0 Å². The minimum Gasteiger partial charge on any atom is -0.355 e. The zero-order valence-corrected chi connectivity index (χ0v) is 21.9. The van der Waals surface area contributed by atoms with Crippen LogP contribution in [0, 0.1) is 0 Å². The molecular weight excluding hydrogens is 490 g/mol. The molecule has 0 saturated carbocycles. The number of thiophene rings is 1. The van der Waals surface area contributed by atoms with Gasteiger partial charge in [0, 0.05) is 37.1 Å². The van der Waals surface area contributed by atoms with Crippen LogP contribution in [0.3, 0.4) is 0 Å². The van der Waals surface area contributed by atoms with Crippen molar-refractivity contribution in [2.24, 2.45) is 0 Å². The molecule has 2 aliphatic rings. The Hall–Kier alpha value is -4.66. The van der Waals surface area contributed by atoms with Gasteiger partial charge in [0.1, 0.15) is 0 Å². The maximum atomic E-state index is 3.84. The molecule has 0 atom stereocenters. The molecule has 1 N–H and O–H groups in total. The zero-order chi connectivity index (χ0) is 25.6. The Morgan fingerprint density at radius 1 is 0.462 bits per heavy atom. The van der Waals surface area contributed by atoms with Crippen LogP contribution in [0.4, 0.5) is 11.4 Å². The number of hydrogen-bond acceptors (Lipinski definition) is 2. The van der Waals surface area contributed by atoms with Gasteiger partial charge in [-0.15, -0.1) is 11.3 Å². The van der Waals surface area contributed by atoms with Crippen LogP contribution < -0.4 is 5.32 Å². The van der Waals surface area contributed by atoms with Crippen LogP contribution in [0.2, 0.25) is 0 Å². The van der Waals surface area contributed by atoms with Gasteiger partial charge in [-0.05, 0) is 63.2 Å². The third-order valence-corrected chi connectivity index (χ3v) is 9.81. The first kappa shape index (κ1) is 21.3. The van der Waals surface area contributed by atoms with E-state index in [-0.39, 0.29) is 5.41 Å². The summed E-state index contributed by atoms with van der Waals surface area (Å²) in [5.41, 5.74) is 12.7. The summed E-state index contributed by atoms with van der Waals surface area (Å²) in [5.74, 6) is 0. The lowest BCUT2D eigenvalue weighted by atomic mass is 9.70. The van der Waals surface area contributed by atoms with E-state index in [1.165, 1.54) is 64.7 Å². The molecule has 0 saturated heterocycles. The lowest BCUT2D eigenvalue weighted by Gasteiger charge is -2.30. The van der Waals surface area contributed by atoms with E-state index >= 15 is 0 Å². The number of hydrogen-bond donors (Lipinski definition) is 1. The number of fused-ring (bicyclic) bond motifs is 13. The maximum absolute atomic E-state index is 3.84. The summed E-state index contributed by atoms with van der Waals surface area (Å²) in [6.07, 6.45) is 0. The minimum atomic E-state index is -0.313. The van der Waals surface area contributed by atoms with Crippen molar-refractivity contribution in [2.45, 2.75) is 5.41 Å². The molecule has 0 bridgehead atoms. The summed E-state index contributed by atoms with van der Waals surface area (Å²) in [6.45, 7) is 0. The van der Waals surface area contributed by atoms with E-state index in [4.69, 9.17) is 0 Å². The van der Waals surface area contributed by atoms with Crippen LogP contribution in [-0.2, 0) is 5.41 Å². The second-order valence-corrected chi connectivity index (χ2v) is 11.6. The Labute approximate surface area is 231 Å². The lowest BCUT2D eigenvalue weighted by Crippen LogP contribution is -2.25. The number of nitrogens with one attached hydrogen (secondary N) is 1. The Morgan fingerprint density at radius 3 is 1.82 bits per heavy atom. The first-order valence-electron chi connectivity index (χ1n) is 13.4. The summed E-state index contributed by atoms with van der Waals surface area (Å²) in [4.78, 5) is 0. The van der Waals surface area contributed by atoms with E-state index in [0.717, 1.165) is 11.4 Å². The normalized spacial score (nSPS) is 13.8. The average Bonchev–Trinajstić information content (AvgIpc) is 3.61. The minimum absolute atomic E-state index is 0.313. The van der Waals surface area contributed by atoms with Crippen LogP contribution in [0.25, 0.3) is 42.4 Å². The first-order chi connectivity index (χ1) is 19.3. The van der Waals surface area contributed by atoms with E-state index in [0.29, 0.717) is 0 Å². The van der Waals surface area contributed by atoms with Gasteiger partial charge in [-0.2, -0.15) is 0 Å². The molecule has 1 aromatic heterocycles. The van der Waals surface area contributed by atoms with Gasteiger partial charge >= 0.3 is 0 Å². The molecule has 0 fully saturated rings. The Balaban J connectivity index is 1.28. The molecule has 9 rings (SSSR count). The molecular formula is C37H23NS. The fourth-order valence-corrected chi connectivity index (χ4v) is 8.35. The Morgan fingerprint density at radius 2 is 1.05 bits per heavy atom. The quantitative estimate of drug-likeness (QED) is 0.242. The van der Waals surface area contributed by atoms with Crippen molar-refractivity contribution in [2.75, 3.05) is 5.32 Å². The van der Waals surface area contributed by atoms with Gasteiger partial charge < -0.3 is 5.32 Å². The van der Waals surface area contributed by atoms with E-state index < -0.39 is 0 Å². The van der Waals surface area contributed by atoms with Crippen LogP contribution in [0.15, 0.2) is 133 Å². The van der Waals surface area contributed by atoms with Gasteiger partial charge in [0.15, 0.2) is 0 Å². The maximum Gasteiger partial charge on any atom is 0.0726 e. The number of rotatable bonds is 2. The Bertz CT molecular complexity index is 2070. The summed E-state index contributed by atoms with van der Waals surface area (Å²) >= 11 is 1.86. The summed E-state index contributed by atoms with van der Waals surface area (Å²) in [7, 11) is 0. The second kappa shape index (κ2) is 7.69. The standard InChI is InChI=1S/C37H23NS/c1-5-14-29-24(10-1)25-11-2-6-15-30(25)37(29)31-16-7-3-13-28(31)36-32(37)17-9-18-33(36)38-23-20-21-27-26-12-4-8-19-34(26)39-35(27)22-23/h1-22,38H. The molecule has 39 heavy (non-hydrogen) atoms. The molecule has 7 aromatic rings. The first-order valence-corrected chi connectivity index (χ1v) is 14.3. The van der Waals surface area contributed by atoms with Crippen molar-refractivity contribution in [3.8, 4) is 22.3 Å². The van der Waals surface area contributed by atoms with Gasteiger partial charge in [0.2, 0.25) is 0 Å². The van der Waals surface area contributed by atoms with Crippen LogP contribution in [0.5, 0.6) is 0 Å². The molecule has 2 aliphatic carbocycles. The predicted octanol–water partition coefficient (Wildman–Crippen LogP) is 10.1. The third-order valence-electron chi connectivity index (χ3n) is 8.68. The van der Waals surface area contributed by atoms with Crippen molar-refractivity contribution < 1.29 is 0 Å². The number of anilines is 2. The van der Waals surface area contributed by atoms with Gasteiger partial charge in [0.05, 0.1) is 5.41 Å². The van der Waals surface area contributed by atoms with Crippen molar-refractivity contribution >= 4 is 42.9 Å². The van der Waals surface area contributed by atoms with Crippen LogP contribution in [0.1, 0.15) is 22.3 Å². The zero-order valence-electron chi connectivity index (χ0n) is 21.1. The molecule has 0 unspecified atom stereocenters. The van der Waals surface area contributed by atoms with E-state index in [9.17, 15) is 0 Å². The molecule has 1 nitrogen and oxygen atoms in total. The van der Waals surface area contributed by atoms with Crippen molar-refractivity contribution in [1.82, 2.24) is 0 Å². The highest BCUT2D eigenvalue weighted by Crippen LogP contribution is 2.63. The van der Waals surface area contributed by atoms with E-state index in [1.54, 1.807) is 0 Å². The molecule has 1 heterocycles. The fraction of sp³-hybridized carbons (Fsp3) is 0.0270. The third kappa shape index (κ3) is 2.69. The van der Waals surface area contributed by atoms with Crippen LogP contribution in [-0.4, -0.2) is 0 Å². The molecule has 0 radical (unpaired) electrons. The summed E-state index contributed by atoms with van der Waals surface area (Å²) in [6, 6.07) is 49.2. The largest absolute Gasteiger partial charge is 0.355 e. The van der Waals surface area contributed by atoms with E-state index in [2.05, 4.69) is 139 Å². The van der Waals surface area contributed by atoms with Crippen molar-refractivity contribution in [3.05, 3.63) is 156 Å². The molecule has 6 aromatic carbocycles. The van der Waals surface area contributed by atoms with Crippen molar-refractivity contribution in [3.63, 3.8) is 0 Å². The molecule has 0 aliphatic heterocycles. The monoisotopic (exact) mass is 513 g/mol. The topological polar surface area (TPSA) is 12.0 Å². The Kier molecular flexibility index (Phi) is 4.20. The highest BCUT2D eigenvalue weighted by atomic mass is 32.1. The predicted molar refractivity (Wildman–Crippen MR) is 165 cm³/mol. The smallest absolute Gasteiger partial charge is 0.0726 e. The highest BCUT2D eigenvalue weighted by molar-refractivity contribution is 7.25. The van der Waals surface area contributed by atoms with Gasteiger partial charge in [-0.1, -0.05) is 109 Å². The average molecular weight is 514 g/mol. The van der Waals surface area contributed by atoms with E-state index in [1.807, 2.05) is 11.3 Å². The van der Waals surface area contributed by atoms with Gasteiger partial charge in [-0.25, -0.2) is 0 Å². The molecule has 182 valence electrons. The highest BCUT2D eigenvalue weighted by Gasteiger charge is 2.51. The lowest BCUT2D eigenvalue weighted by molar-refractivity contribution is 0.794. The number of benzene rings is 6. The fourth-order valence-electron chi connectivity index (χ4n) is 7.21. The summed E-state index contributed by atoms with van der Waals surface area (Å²) in [5, 5.41) is 6.50. The molecule has 1 spiro atoms. The van der Waals surface area contributed by atoms with Gasteiger partial charge in [-0.3, -0.25) is 0 Å². The summed E-state index contributed by atoms with van der Waals surface area (Å²) < 4.78 is 2.64.